The molecule has 0 heterocycles. The normalized spacial score (nSPS) is 12.5. The first-order valence-corrected chi connectivity index (χ1v) is 6.91. The maximum Gasteiger partial charge on any atom is 0.137 e. The Balaban J connectivity index is 2.55. The highest BCUT2D eigenvalue weighted by Gasteiger charge is 2.20. The van der Waals surface area contributed by atoms with Crippen molar-refractivity contribution in [2.45, 2.75) is 19.9 Å². The second-order valence-electron chi connectivity index (χ2n) is 4.75. The number of benzene rings is 2. The van der Waals surface area contributed by atoms with Gasteiger partial charge in [-0.15, -0.1) is 0 Å². The highest BCUT2D eigenvalue weighted by molar-refractivity contribution is 9.10. The van der Waals surface area contributed by atoms with E-state index >= 15 is 0 Å². The first-order valence-electron chi connectivity index (χ1n) is 6.11. The lowest BCUT2D eigenvalue weighted by Gasteiger charge is -2.20. The van der Waals surface area contributed by atoms with Crippen molar-refractivity contribution in [2.24, 2.45) is 5.84 Å². The Morgan fingerprint density at radius 1 is 1.10 bits per heavy atom. The molecule has 0 saturated heterocycles. The first kappa shape index (κ1) is 15.1. The highest BCUT2D eigenvalue weighted by atomic mass is 79.9. The lowest BCUT2D eigenvalue weighted by Crippen LogP contribution is -2.30. The molecule has 0 bridgehead atoms. The van der Waals surface area contributed by atoms with E-state index in [-0.39, 0.29) is 11.6 Å². The quantitative estimate of drug-likeness (QED) is 0.656. The fraction of sp³-hybridized carbons (Fsp3) is 0.200. The van der Waals surface area contributed by atoms with Crippen LogP contribution in [-0.4, -0.2) is 0 Å². The van der Waals surface area contributed by atoms with Gasteiger partial charge in [0.05, 0.1) is 10.5 Å². The van der Waals surface area contributed by atoms with Crippen molar-refractivity contribution in [3.05, 3.63) is 68.7 Å². The van der Waals surface area contributed by atoms with E-state index in [4.69, 9.17) is 5.84 Å². The highest BCUT2D eigenvalue weighted by Crippen LogP contribution is 2.30. The molecule has 20 heavy (non-hydrogen) atoms. The van der Waals surface area contributed by atoms with Gasteiger partial charge in [-0.1, -0.05) is 12.1 Å². The maximum atomic E-state index is 14.2. The minimum Gasteiger partial charge on any atom is -0.271 e. The van der Waals surface area contributed by atoms with Crippen molar-refractivity contribution in [2.75, 3.05) is 0 Å². The average molecular weight is 341 g/mol. The second-order valence-corrected chi connectivity index (χ2v) is 5.60. The standard InChI is InChI=1S/C15H15BrF2N2/c1-8-5-9(2)14(13(18)6-8)15(20-19)10-3-4-12(17)11(16)7-10/h3-7,15,20H,19H2,1-2H3. The molecule has 0 aliphatic carbocycles. The third kappa shape index (κ3) is 2.90. The number of hydrogen-bond acceptors (Lipinski definition) is 2. The van der Waals surface area contributed by atoms with E-state index in [0.717, 1.165) is 11.1 Å². The third-order valence-corrected chi connectivity index (χ3v) is 3.82. The number of hydrogen-bond donors (Lipinski definition) is 2. The van der Waals surface area contributed by atoms with Gasteiger partial charge in [0.2, 0.25) is 0 Å². The fourth-order valence-electron chi connectivity index (χ4n) is 2.33. The molecular formula is C15H15BrF2N2. The predicted octanol–water partition coefficient (Wildman–Crippen LogP) is 3.90. The molecule has 0 aliphatic heterocycles. The number of halogens is 3. The van der Waals surface area contributed by atoms with Gasteiger partial charge in [0.15, 0.2) is 0 Å². The van der Waals surface area contributed by atoms with Crippen LogP contribution < -0.4 is 11.3 Å². The lowest BCUT2D eigenvalue weighted by atomic mass is 9.93. The van der Waals surface area contributed by atoms with E-state index in [1.54, 1.807) is 12.1 Å². The zero-order chi connectivity index (χ0) is 14.9. The van der Waals surface area contributed by atoms with Gasteiger partial charge in [-0.2, -0.15) is 0 Å². The summed E-state index contributed by atoms with van der Waals surface area (Å²) in [6.07, 6.45) is 0. The Bertz CT molecular complexity index is 621. The molecule has 0 saturated carbocycles. The van der Waals surface area contributed by atoms with Crippen molar-refractivity contribution in [1.82, 2.24) is 5.43 Å². The average Bonchev–Trinajstić information content (AvgIpc) is 2.37. The van der Waals surface area contributed by atoms with Gasteiger partial charge in [0.25, 0.3) is 0 Å². The van der Waals surface area contributed by atoms with Crippen LogP contribution in [0.15, 0.2) is 34.8 Å². The molecule has 0 spiro atoms. The summed E-state index contributed by atoms with van der Waals surface area (Å²) in [7, 11) is 0. The monoisotopic (exact) mass is 340 g/mol. The number of hydrazine groups is 1. The molecular weight excluding hydrogens is 326 g/mol. The van der Waals surface area contributed by atoms with Gasteiger partial charge in [-0.3, -0.25) is 5.84 Å². The number of aryl methyl sites for hydroxylation is 2. The fourth-order valence-corrected chi connectivity index (χ4v) is 2.73. The summed E-state index contributed by atoms with van der Waals surface area (Å²) < 4.78 is 27.9. The SMILES string of the molecule is Cc1cc(C)c(C(NN)c2ccc(F)c(Br)c2)c(F)c1. The molecule has 0 aromatic heterocycles. The van der Waals surface area contributed by atoms with Crippen molar-refractivity contribution < 1.29 is 8.78 Å². The summed E-state index contributed by atoms with van der Waals surface area (Å²) in [5.74, 6) is 4.88. The van der Waals surface area contributed by atoms with Crippen molar-refractivity contribution in [3.8, 4) is 0 Å². The summed E-state index contributed by atoms with van der Waals surface area (Å²) >= 11 is 3.13. The van der Waals surface area contributed by atoms with Crippen LogP contribution >= 0.6 is 15.9 Å². The first-order chi connectivity index (χ1) is 9.43. The minimum atomic E-state index is -0.535. The molecule has 2 aromatic rings. The number of nitrogens with two attached hydrogens (primary N) is 1. The Morgan fingerprint density at radius 2 is 1.80 bits per heavy atom. The summed E-state index contributed by atoms with van der Waals surface area (Å²) in [6, 6.07) is 7.33. The van der Waals surface area contributed by atoms with Crippen LogP contribution in [0.25, 0.3) is 0 Å². The van der Waals surface area contributed by atoms with Crippen LogP contribution in [0.5, 0.6) is 0 Å². The molecule has 0 radical (unpaired) electrons. The van der Waals surface area contributed by atoms with Gasteiger partial charge < -0.3 is 0 Å². The number of nitrogens with one attached hydrogen (secondary N) is 1. The Kier molecular flexibility index (Phi) is 4.52. The Labute approximate surface area is 125 Å². The van der Waals surface area contributed by atoms with Crippen molar-refractivity contribution in [3.63, 3.8) is 0 Å². The van der Waals surface area contributed by atoms with E-state index in [2.05, 4.69) is 21.4 Å². The Morgan fingerprint density at radius 3 is 2.35 bits per heavy atom. The topological polar surface area (TPSA) is 38.0 Å². The second kappa shape index (κ2) is 5.99. The summed E-state index contributed by atoms with van der Waals surface area (Å²) in [5.41, 5.74) is 5.40. The summed E-state index contributed by atoms with van der Waals surface area (Å²) in [5, 5.41) is 0. The van der Waals surface area contributed by atoms with E-state index in [0.29, 0.717) is 15.6 Å². The summed E-state index contributed by atoms with van der Waals surface area (Å²) in [6.45, 7) is 3.66. The van der Waals surface area contributed by atoms with Crippen LogP contribution in [0.4, 0.5) is 8.78 Å². The zero-order valence-corrected chi connectivity index (χ0v) is 12.8. The van der Waals surface area contributed by atoms with Crippen LogP contribution in [0.2, 0.25) is 0 Å². The molecule has 1 unspecified atom stereocenters. The molecule has 2 aromatic carbocycles. The van der Waals surface area contributed by atoms with Crippen LogP contribution in [0.3, 0.4) is 0 Å². The lowest BCUT2D eigenvalue weighted by molar-refractivity contribution is 0.554. The molecule has 5 heteroatoms. The van der Waals surface area contributed by atoms with E-state index in [9.17, 15) is 8.78 Å². The Hall–Kier alpha value is -1.30. The third-order valence-electron chi connectivity index (χ3n) is 3.21. The summed E-state index contributed by atoms with van der Waals surface area (Å²) in [4.78, 5) is 0. The van der Waals surface area contributed by atoms with Crippen molar-refractivity contribution >= 4 is 15.9 Å². The minimum absolute atomic E-state index is 0.320. The van der Waals surface area contributed by atoms with Crippen LogP contribution in [0.1, 0.15) is 28.3 Å². The van der Waals surface area contributed by atoms with Gasteiger partial charge >= 0.3 is 0 Å². The molecule has 0 amide bonds. The van der Waals surface area contributed by atoms with Gasteiger partial charge in [0, 0.05) is 5.56 Å². The van der Waals surface area contributed by atoms with Crippen LogP contribution in [0, 0.1) is 25.5 Å². The smallest absolute Gasteiger partial charge is 0.137 e. The molecule has 3 N–H and O–H groups in total. The van der Waals surface area contributed by atoms with Crippen LogP contribution in [-0.2, 0) is 0 Å². The van der Waals surface area contributed by atoms with E-state index in [1.807, 2.05) is 19.9 Å². The molecule has 2 rings (SSSR count). The molecule has 0 aliphatic rings. The zero-order valence-electron chi connectivity index (χ0n) is 11.2. The van der Waals surface area contributed by atoms with E-state index in [1.165, 1.54) is 12.1 Å². The van der Waals surface area contributed by atoms with Crippen molar-refractivity contribution in [1.29, 1.82) is 0 Å². The van der Waals surface area contributed by atoms with Gasteiger partial charge in [-0.05, 0) is 64.7 Å². The maximum absolute atomic E-state index is 14.2. The van der Waals surface area contributed by atoms with E-state index < -0.39 is 6.04 Å². The molecule has 1 atom stereocenters. The predicted molar refractivity (Wildman–Crippen MR) is 79.1 cm³/mol. The van der Waals surface area contributed by atoms with Gasteiger partial charge in [-0.25, -0.2) is 14.2 Å². The molecule has 0 fully saturated rings. The number of rotatable bonds is 3. The van der Waals surface area contributed by atoms with Gasteiger partial charge in [0.1, 0.15) is 11.6 Å². The molecule has 2 nitrogen and oxygen atoms in total. The molecule has 106 valence electrons. The largest absolute Gasteiger partial charge is 0.271 e.